The Kier molecular flexibility index (Phi) is 9.30. The van der Waals surface area contributed by atoms with Gasteiger partial charge in [0.1, 0.15) is 36.3 Å². The minimum Gasteiger partial charge on any atom is -0.388 e. The second-order valence-corrected chi connectivity index (χ2v) is 11.9. The van der Waals surface area contributed by atoms with Gasteiger partial charge in [0.15, 0.2) is 6.29 Å². The van der Waals surface area contributed by atoms with Crippen molar-refractivity contribution in [2.75, 3.05) is 4.90 Å². The largest absolute Gasteiger partial charge is 0.388 e. The van der Waals surface area contributed by atoms with Gasteiger partial charge < -0.3 is 40.3 Å². The topological polar surface area (TPSA) is 151 Å². The van der Waals surface area contributed by atoms with Crippen LogP contribution in [0, 0.1) is 11.7 Å². The third-order valence-electron chi connectivity index (χ3n) is 9.00. The monoisotopic (exact) mass is 629 g/mol. The molecule has 1 amide bonds. The predicted molar refractivity (Wildman–Crippen MR) is 166 cm³/mol. The van der Waals surface area contributed by atoms with Gasteiger partial charge in [-0.15, -0.1) is 0 Å². The first-order valence-electron chi connectivity index (χ1n) is 15.2. The molecular formula is C36H36FNO8. The number of carbonyl (C=O) groups is 1. The number of benzene rings is 4. The van der Waals surface area contributed by atoms with E-state index in [1.807, 2.05) is 60.7 Å². The van der Waals surface area contributed by atoms with Crippen LogP contribution >= 0.6 is 0 Å². The van der Waals surface area contributed by atoms with Crippen molar-refractivity contribution in [2.24, 2.45) is 5.92 Å². The third-order valence-corrected chi connectivity index (χ3v) is 9.00. The summed E-state index contributed by atoms with van der Waals surface area (Å²) in [6, 6.07) is 29.4. The zero-order chi connectivity index (χ0) is 32.5. The number of amides is 1. The van der Waals surface area contributed by atoms with Crippen LogP contribution in [0.25, 0.3) is 11.1 Å². The third kappa shape index (κ3) is 6.21. The maximum absolute atomic E-state index is 13.4. The first-order chi connectivity index (χ1) is 22.1. The molecule has 240 valence electrons. The van der Waals surface area contributed by atoms with Crippen molar-refractivity contribution in [3.05, 3.63) is 126 Å². The Hall–Kier alpha value is -4.00. The number of nitrogens with zero attached hydrogens (tertiary/aromatic N) is 1. The molecule has 0 radical (unpaired) electrons. The lowest BCUT2D eigenvalue weighted by atomic mass is 9.78. The van der Waals surface area contributed by atoms with Crippen LogP contribution in [0.3, 0.4) is 0 Å². The number of hydrogen-bond acceptors (Lipinski definition) is 8. The van der Waals surface area contributed by atoms with Crippen molar-refractivity contribution >= 4 is 11.6 Å². The van der Waals surface area contributed by atoms with Crippen LogP contribution in [0.1, 0.15) is 47.8 Å². The molecule has 6 rings (SSSR count). The Labute approximate surface area is 265 Å². The minimum atomic E-state index is -1.77. The molecule has 2 heterocycles. The quantitative estimate of drug-likeness (QED) is 0.154. The van der Waals surface area contributed by atoms with Crippen LogP contribution < -0.4 is 4.90 Å². The summed E-state index contributed by atoms with van der Waals surface area (Å²) in [7, 11) is 0. The van der Waals surface area contributed by atoms with Gasteiger partial charge in [-0.2, -0.15) is 0 Å². The minimum absolute atomic E-state index is 0.0388. The van der Waals surface area contributed by atoms with Crippen molar-refractivity contribution in [1.29, 1.82) is 0 Å². The summed E-state index contributed by atoms with van der Waals surface area (Å²) in [4.78, 5) is 15.2. The Morgan fingerprint density at radius 3 is 2.13 bits per heavy atom. The number of aliphatic hydroxyl groups is 6. The molecule has 0 aromatic heterocycles. The number of rotatable bonds is 9. The summed E-state index contributed by atoms with van der Waals surface area (Å²) in [6.45, 7) is 0. The summed E-state index contributed by atoms with van der Waals surface area (Å²) in [5, 5.41) is 61.8. The fourth-order valence-corrected chi connectivity index (χ4v) is 6.39. The standard InChI is InChI=1S/C36H36FNO8/c37-25-15-13-21(14-16-25)28(39)18-17-27-29(38(35(27)44)26-7-2-1-3-8-26)22-11-9-20(10-12-22)23-5-4-6-24(19-23)30(40)34-32(42)31(41)33(43)36(45)46-34/h1-16,19,27-34,36,39-43,45H,17-18H2/t27-,28+,29-,30-,31+,32+,33-,34-,36-/m1/s1. The normalized spacial score (nSPS) is 27.6. The van der Waals surface area contributed by atoms with Gasteiger partial charge >= 0.3 is 0 Å². The zero-order valence-electron chi connectivity index (χ0n) is 24.8. The highest BCUT2D eigenvalue weighted by atomic mass is 19.1. The summed E-state index contributed by atoms with van der Waals surface area (Å²) in [5.74, 6) is -0.790. The summed E-state index contributed by atoms with van der Waals surface area (Å²) >= 11 is 0. The summed E-state index contributed by atoms with van der Waals surface area (Å²) in [5.41, 5.74) is 4.21. The molecule has 46 heavy (non-hydrogen) atoms. The molecule has 9 atom stereocenters. The van der Waals surface area contributed by atoms with E-state index in [1.54, 1.807) is 35.2 Å². The van der Waals surface area contributed by atoms with Gasteiger partial charge in [0.25, 0.3) is 0 Å². The van der Waals surface area contributed by atoms with Crippen LogP contribution in [-0.4, -0.2) is 67.3 Å². The highest BCUT2D eigenvalue weighted by Crippen LogP contribution is 2.46. The molecule has 0 unspecified atom stereocenters. The summed E-state index contributed by atoms with van der Waals surface area (Å²) in [6.07, 6.45) is -9.63. The number of para-hydroxylation sites is 1. The van der Waals surface area contributed by atoms with Crippen molar-refractivity contribution in [2.45, 2.75) is 61.8 Å². The fraction of sp³-hybridized carbons (Fsp3) is 0.306. The van der Waals surface area contributed by atoms with E-state index in [2.05, 4.69) is 0 Å². The molecular weight excluding hydrogens is 593 g/mol. The number of hydrogen-bond donors (Lipinski definition) is 6. The average molecular weight is 630 g/mol. The summed E-state index contributed by atoms with van der Waals surface area (Å²) < 4.78 is 18.6. The zero-order valence-corrected chi connectivity index (χ0v) is 24.8. The number of ether oxygens (including phenoxy) is 1. The van der Waals surface area contributed by atoms with Gasteiger partial charge in [-0.25, -0.2) is 4.39 Å². The molecule has 2 fully saturated rings. The molecule has 0 aliphatic carbocycles. The molecule has 9 nitrogen and oxygen atoms in total. The SMILES string of the molecule is O=C1[C@H](CC[C@H](O)c2ccc(F)cc2)[C@@H](c2ccc(-c3cccc([C@@H](O)[C@H]4O[C@@H](O)[C@H](O)[C@@H](O)[C@@H]4O)c3)cc2)N1c1ccccc1. The molecule has 0 saturated carbocycles. The van der Waals surface area contributed by atoms with E-state index in [0.29, 0.717) is 24.0 Å². The highest BCUT2D eigenvalue weighted by molar-refractivity contribution is 6.03. The van der Waals surface area contributed by atoms with Gasteiger partial charge in [-0.1, -0.05) is 72.8 Å². The van der Waals surface area contributed by atoms with E-state index in [1.165, 1.54) is 12.1 Å². The lowest BCUT2D eigenvalue weighted by Gasteiger charge is -2.48. The number of aliphatic hydroxyl groups excluding tert-OH is 6. The Morgan fingerprint density at radius 2 is 1.43 bits per heavy atom. The number of anilines is 1. The maximum atomic E-state index is 13.4. The van der Waals surface area contributed by atoms with Crippen LogP contribution in [-0.2, 0) is 9.53 Å². The van der Waals surface area contributed by atoms with Gasteiger partial charge in [-0.05, 0) is 71.0 Å². The van der Waals surface area contributed by atoms with E-state index < -0.39 is 42.9 Å². The van der Waals surface area contributed by atoms with Crippen molar-refractivity contribution < 1.29 is 44.6 Å². The van der Waals surface area contributed by atoms with Crippen molar-refractivity contribution in [3.8, 4) is 11.1 Å². The Balaban J connectivity index is 1.21. The molecule has 2 aliphatic heterocycles. The smallest absolute Gasteiger partial charge is 0.233 e. The number of carbonyl (C=O) groups excluding carboxylic acids is 1. The highest BCUT2D eigenvalue weighted by Gasteiger charge is 2.49. The van der Waals surface area contributed by atoms with Gasteiger partial charge in [0, 0.05) is 5.69 Å². The van der Waals surface area contributed by atoms with Gasteiger partial charge in [-0.3, -0.25) is 4.79 Å². The van der Waals surface area contributed by atoms with Crippen LogP contribution in [0.2, 0.25) is 0 Å². The lowest BCUT2D eigenvalue weighted by Crippen LogP contribution is -2.58. The van der Waals surface area contributed by atoms with Crippen LogP contribution in [0.5, 0.6) is 0 Å². The molecule has 10 heteroatoms. The lowest BCUT2D eigenvalue weighted by molar-refractivity contribution is -0.297. The first kappa shape index (κ1) is 32.0. The molecule has 4 aromatic rings. The second kappa shape index (κ2) is 13.4. The molecule has 4 aromatic carbocycles. The fourth-order valence-electron chi connectivity index (χ4n) is 6.39. The molecule has 2 saturated heterocycles. The molecule has 0 bridgehead atoms. The maximum Gasteiger partial charge on any atom is 0.233 e. The Morgan fingerprint density at radius 1 is 0.739 bits per heavy atom. The van der Waals surface area contributed by atoms with E-state index in [4.69, 9.17) is 4.74 Å². The second-order valence-electron chi connectivity index (χ2n) is 11.9. The van der Waals surface area contributed by atoms with E-state index >= 15 is 0 Å². The van der Waals surface area contributed by atoms with Crippen molar-refractivity contribution in [3.63, 3.8) is 0 Å². The Bertz CT molecular complexity index is 1640. The molecule has 6 N–H and O–H groups in total. The van der Waals surface area contributed by atoms with Gasteiger partial charge in [0.2, 0.25) is 5.91 Å². The first-order valence-corrected chi connectivity index (χ1v) is 15.2. The van der Waals surface area contributed by atoms with E-state index in [-0.39, 0.29) is 23.7 Å². The number of halogens is 1. The predicted octanol–water partition coefficient (Wildman–Crippen LogP) is 3.54. The number of β-lactam (4-membered cyclic amide) rings is 1. The van der Waals surface area contributed by atoms with E-state index in [0.717, 1.165) is 22.4 Å². The van der Waals surface area contributed by atoms with Gasteiger partial charge in [0.05, 0.1) is 18.1 Å². The average Bonchev–Trinajstić information content (AvgIpc) is 3.08. The molecule has 0 spiro atoms. The van der Waals surface area contributed by atoms with Crippen LogP contribution in [0.4, 0.5) is 10.1 Å². The van der Waals surface area contributed by atoms with E-state index in [9.17, 15) is 39.8 Å². The van der Waals surface area contributed by atoms with Crippen molar-refractivity contribution in [1.82, 2.24) is 0 Å². The van der Waals surface area contributed by atoms with Crippen LogP contribution in [0.15, 0.2) is 103 Å². The molecule has 2 aliphatic rings.